The molecule has 6 nitrogen and oxygen atoms in total. The molecule has 0 saturated heterocycles. The minimum Gasteiger partial charge on any atom is -0.480 e. The van der Waals surface area contributed by atoms with Crippen LogP contribution in [0.25, 0.3) is 21.6 Å². The van der Waals surface area contributed by atoms with Gasteiger partial charge in [0.25, 0.3) is 5.56 Å². The zero-order chi connectivity index (χ0) is 17.4. The van der Waals surface area contributed by atoms with Crippen LogP contribution in [-0.4, -0.2) is 25.6 Å². The van der Waals surface area contributed by atoms with Gasteiger partial charge in [-0.15, -0.1) is 11.3 Å². The quantitative estimate of drug-likeness (QED) is 0.786. The number of aliphatic carboxylic acids is 1. The van der Waals surface area contributed by atoms with Crippen LogP contribution in [0.2, 0.25) is 0 Å². The Labute approximate surface area is 142 Å². The Kier molecular flexibility index (Phi) is 4.19. The highest BCUT2D eigenvalue weighted by Gasteiger charge is 2.26. The van der Waals surface area contributed by atoms with Gasteiger partial charge in [-0.3, -0.25) is 14.3 Å². The predicted molar refractivity (Wildman–Crippen MR) is 93.5 cm³/mol. The second-order valence-corrected chi connectivity index (χ2v) is 6.78. The number of hydrogen-bond donors (Lipinski definition) is 1. The molecule has 1 atom stereocenters. The minimum atomic E-state index is -1.04. The fourth-order valence-electron chi connectivity index (χ4n) is 2.77. The van der Waals surface area contributed by atoms with Crippen LogP contribution in [0.1, 0.15) is 29.8 Å². The summed E-state index contributed by atoms with van der Waals surface area (Å²) >= 11 is 1.45. The summed E-state index contributed by atoms with van der Waals surface area (Å²) in [6.07, 6.45) is 3.49. The highest BCUT2D eigenvalue weighted by molar-refractivity contribution is 7.18. The van der Waals surface area contributed by atoms with Gasteiger partial charge in [-0.05, 0) is 38.0 Å². The maximum atomic E-state index is 13.1. The summed E-state index contributed by atoms with van der Waals surface area (Å²) in [5, 5.41) is 10.1. The summed E-state index contributed by atoms with van der Waals surface area (Å²) in [5.74, 6) is -0.675. The second-order valence-electron chi connectivity index (χ2n) is 5.57. The second kappa shape index (κ2) is 6.16. The van der Waals surface area contributed by atoms with Crippen LogP contribution in [0.15, 0.2) is 29.3 Å². The van der Waals surface area contributed by atoms with Crippen molar-refractivity contribution in [3.05, 3.63) is 45.3 Å². The van der Waals surface area contributed by atoms with E-state index < -0.39 is 12.0 Å². The van der Waals surface area contributed by atoms with E-state index in [2.05, 4.69) is 9.97 Å². The van der Waals surface area contributed by atoms with Crippen molar-refractivity contribution in [1.82, 2.24) is 14.5 Å². The Hall–Kier alpha value is -2.54. The third kappa shape index (κ3) is 2.50. The molecule has 124 valence electrons. The Morgan fingerprint density at radius 2 is 2.00 bits per heavy atom. The average Bonchev–Trinajstić information content (AvgIpc) is 2.85. The van der Waals surface area contributed by atoms with Gasteiger partial charge in [-0.25, -0.2) is 9.78 Å². The van der Waals surface area contributed by atoms with Gasteiger partial charge in [-0.2, -0.15) is 0 Å². The molecule has 0 aromatic carbocycles. The molecular weight excluding hydrogens is 326 g/mol. The third-order valence-corrected chi connectivity index (χ3v) is 5.26. The molecule has 0 fully saturated rings. The van der Waals surface area contributed by atoms with Crippen LogP contribution in [0, 0.1) is 13.8 Å². The van der Waals surface area contributed by atoms with Crippen molar-refractivity contribution in [3.8, 4) is 11.4 Å². The fraction of sp³-hybridized carbons (Fsp3) is 0.294. The lowest BCUT2D eigenvalue weighted by Crippen LogP contribution is -2.31. The van der Waals surface area contributed by atoms with Crippen molar-refractivity contribution in [3.63, 3.8) is 0 Å². The van der Waals surface area contributed by atoms with Crippen LogP contribution in [-0.2, 0) is 4.79 Å². The monoisotopic (exact) mass is 343 g/mol. The minimum absolute atomic E-state index is 0.294. The molecule has 3 aromatic heterocycles. The molecule has 1 unspecified atom stereocenters. The largest absolute Gasteiger partial charge is 0.480 e. The molecule has 0 saturated carbocycles. The SMILES string of the molecule is CCC(C(=O)O)n1c(-c2ccncc2)nc2sc(C)c(C)c2c1=O. The molecule has 0 amide bonds. The van der Waals surface area contributed by atoms with E-state index in [0.717, 1.165) is 10.4 Å². The summed E-state index contributed by atoms with van der Waals surface area (Å²) in [7, 11) is 0. The molecule has 0 aliphatic carbocycles. The number of pyridine rings is 1. The first-order chi connectivity index (χ1) is 11.5. The van der Waals surface area contributed by atoms with Crippen LogP contribution < -0.4 is 5.56 Å². The number of nitrogens with zero attached hydrogens (tertiary/aromatic N) is 3. The van der Waals surface area contributed by atoms with Gasteiger partial charge in [-0.1, -0.05) is 6.92 Å². The predicted octanol–water partition coefficient (Wildman–Crippen LogP) is 3.17. The van der Waals surface area contributed by atoms with Crippen molar-refractivity contribution >= 4 is 27.5 Å². The first-order valence-corrected chi connectivity index (χ1v) is 8.42. The van der Waals surface area contributed by atoms with Crippen LogP contribution >= 0.6 is 11.3 Å². The average molecular weight is 343 g/mol. The molecule has 0 radical (unpaired) electrons. The first-order valence-electron chi connectivity index (χ1n) is 7.61. The van der Waals surface area contributed by atoms with Crippen molar-refractivity contribution < 1.29 is 9.90 Å². The van der Waals surface area contributed by atoms with Gasteiger partial charge in [0.1, 0.15) is 16.7 Å². The lowest BCUT2D eigenvalue weighted by Gasteiger charge is -2.18. The molecule has 0 aliphatic heterocycles. The van der Waals surface area contributed by atoms with Gasteiger partial charge in [0.05, 0.1) is 5.39 Å². The third-order valence-electron chi connectivity index (χ3n) is 4.16. The number of aryl methyl sites for hydroxylation is 2. The molecule has 0 spiro atoms. The lowest BCUT2D eigenvalue weighted by atomic mass is 10.1. The number of rotatable bonds is 4. The Bertz CT molecular complexity index is 976. The van der Waals surface area contributed by atoms with Crippen LogP contribution in [0.5, 0.6) is 0 Å². The summed E-state index contributed by atoms with van der Waals surface area (Å²) in [6.45, 7) is 5.55. The Morgan fingerprint density at radius 1 is 1.33 bits per heavy atom. The number of fused-ring (bicyclic) bond motifs is 1. The highest BCUT2D eigenvalue weighted by Crippen LogP contribution is 2.30. The standard InChI is InChI=1S/C17H17N3O3S/c1-4-12(17(22)23)20-14(11-5-7-18-8-6-11)19-15-13(16(20)21)9(2)10(3)24-15/h5-8,12H,4H2,1-3H3,(H,22,23). The number of carboxylic acids is 1. The number of aromatic nitrogens is 3. The number of carboxylic acid groups (broad SMARTS) is 1. The number of hydrogen-bond acceptors (Lipinski definition) is 5. The van der Waals surface area contributed by atoms with Crippen molar-refractivity contribution in [2.45, 2.75) is 33.2 Å². The summed E-state index contributed by atoms with van der Waals surface area (Å²) in [6, 6.07) is 2.50. The van der Waals surface area contributed by atoms with Crippen molar-refractivity contribution in [2.75, 3.05) is 0 Å². The van der Waals surface area contributed by atoms with Crippen molar-refractivity contribution in [2.24, 2.45) is 0 Å². The zero-order valence-electron chi connectivity index (χ0n) is 13.6. The molecule has 1 N–H and O–H groups in total. The Morgan fingerprint density at radius 3 is 2.58 bits per heavy atom. The molecule has 0 bridgehead atoms. The van der Waals surface area contributed by atoms with Gasteiger partial charge in [0, 0.05) is 22.8 Å². The molecule has 24 heavy (non-hydrogen) atoms. The summed E-state index contributed by atoms with van der Waals surface area (Å²) in [5.41, 5.74) is 1.23. The maximum Gasteiger partial charge on any atom is 0.326 e. The topological polar surface area (TPSA) is 85.1 Å². The van der Waals surface area contributed by atoms with Gasteiger partial charge < -0.3 is 5.11 Å². The molecule has 7 heteroatoms. The van der Waals surface area contributed by atoms with E-state index in [1.54, 1.807) is 31.5 Å². The van der Waals surface area contributed by atoms with E-state index in [-0.39, 0.29) is 5.56 Å². The molecule has 3 aromatic rings. The van der Waals surface area contributed by atoms with E-state index in [0.29, 0.717) is 28.0 Å². The molecule has 3 heterocycles. The molecule has 3 rings (SSSR count). The first kappa shape index (κ1) is 16.3. The normalized spacial score (nSPS) is 12.5. The summed E-state index contributed by atoms with van der Waals surface area (Å²) < 4.78 is 1.30. The van der Waals surface area contributed by atoms with E-state index in [4.69, 9.17) is 0 Å². The van der Waals surface area contributed by atoms with Crippen molar-refractivity contribution in [1.29, 1.82) is 0 Å². The van der Waals surface area contributed by atoms with Crippen LogP contribution in [0.4, 0.5) is 0 Å². The van der Waals surface area contributed by atoms with Gasteiger partial charge >= 0.3 is 5.97 Å². The number of thiophene rings is 1. The molecular formula is C17H17N3O3S. The summed E-state index contributed by atoms with van der Waals surface area (Å²) in [4.78, 5) is 35.1. The van der Waals surface area contributed by atoms with E-state index in [9.17, 15) is 14.7 Å². The lowest BCUT2D eigenvalue weighted by molar-refractivity contribution is -0.141. The smallest absolute Gasteiger partial charge is 0.326 e. The zero-order valence-corrected chi connectivity index (χ0v) is 14.4. The van der Waals surface area contributed by atoms with E-state index in [1.807, 2.05) is 13.8 Å². The Balaban J connectivity index is 2.45. The van der Waals surface area contributed by atoms with Gasteiger partial charge in [0.2, 0.25) is 0 Å². The molecule has 0 aliphatic rings. The highest BCUT2D eigenvalue weighted by atomic mass is 32.1. The maximum absolute atomic E-state index is 13.1. The van der Waals surface area contributed by atoms with E-state index in [1.165, 1.54) is 15.9 Å². The van der Waals surface area contributed by atoms with Crippen LogP contribution in [0.3, 0.4) is 0 Å². The number of carbonyl (C=O) groups is 1. The van der Waals surface area contributed by atoms with E-state index >= 15 is 0 Å². The fourth-order valence-corrected chi connectivity index (χ4v) is 3.79. The van der Waals surface area contributed by atoms with Gasteiger partial charge in [0.15, 0.2) is 0 Å².